The summed E-state index contributed by atoms with van der Waals surface area (Å²) in [5.41, 5.74) is 3.96. The smallest absolute Gasteiger partial charge is 0.0911 e. The molecule has 2 aliphatic rings. The van der Waals surface area contributed by atoms with Crippen molar-refractivity contribution < 1.29 is 4.74 Å². The molecule has 0 aromatic carbocycles. The molecule has 0 amide bonds. The number of fused-ring (bicyclic) bond motifs is 1. The van der Waals surface area contributed by atoms with Crippen LogP contribution in [0, 0.1) is 0 Å². The Hall–Kier alpha value is -1.70. The lowest BCUT2D eigenvalue weighted by Crippen LogP contribution is -2.50. The maximum absolute atomic E-state index is 6.22. The van der Waals surface area contributed by atoms with Crippen molar-refractivity contribution in [3.63, 3.8) is 0 Å². The van der Waals surface area contributed by atoms with Gasteiger partial charge in [-0.1, -0.05) is 6.92 Å². The van der Waals surface area contributed by atoms with E-state index in [1.54, 1.807) is 0 Å². The van der Waals surface area contributed by atoms with Gasteiger partial charge in [0.15, 0.2) is 0 Å². The van der Waals surface area contributed by atoms with E-state index in [-0.39, 0.29) is 12.1 Å². The van der Waals surface area contributed by atoms with Gasteiger partial charge < -0.3 is 10.1 Å². The van der Waals surface area contributed by atoms with Gasteiger partial charge in [0.2, 0.25) is 0 Å². The summed E-state index contributed by atoms with van der Waals surface area (Å²) in [5, 5.41) is 12.6. The van der Waals surface area contributed by atoms with Crippen LogP contribution >= 0.6 is 0 Å². The summed E-state index contributed by atoms with van der Waals surface area (Å²) in [4.78, 5) is 2.50. The molecular formula is C19H30N6O. The van der Waals surface area contributed by atoms with Crippen molar-refractivity contribution in [3.05, 3.63) is 35.4 Å². The topological polar surface area (TPSA) is 60.1 Å². The van der Waals surface area contributed by atoms with E-state index in [1.165, 1.54) is 29.8 Å². The molecule has 2 aromatic heterocycles. The molecule has 1 saturated heterocycles. The van der Waals surface area contributed by atoms with Crippen molar-refractivity contribution in [2.75, 3.05) is 26.2 Å². The number of likely N-dealkylation sites (N-methyl/N-ethyl adjacent to an activating group) is 1. The lowest BCUT2D eigenvalue weighted by molar-refractivity contribution is -0.0728. The number of aromatic nitrogens is 4. The Morgan fingerprint density at radius 2 is 2.15 bits per heavy atom. The van der Waals surface area contributed by atoms with E-state index in [2.05, 4.69) is 33.4 Å². The van der Waals surface area contributed by atoms with Gasteiger partial charge in [-0.25, -0.2) is 0 Å². The molecule has 3 atom stereocenters. The quantitative estimate of drug-likeness (QED) is 0.879. The number of hydrogen-bond donors (Lipinski definition) is 1. The highest BCUT2D eigenvalue weighted by Crippen LogP contribution is 2.32. The Bertz CT molecular complexity index is 738. The summed E-state index contributed by atoms with van der Waals surface area (Å²) in [6.07, 6.45) is 7.55. The summed E-state index contributed by atoms with van der Waals surface area (Å²) in [5.74, 6) is 0. The number of ether oxygens (including phenoxy) is 1. The second-order valence-corrected chi connectivity index (χ2v) is 7.39. The first kappa shape index (κ1) is 17.7. The van der Waals surface area contributed by atoms with Gasteiger partial charge in [-0.15, -0.1) is 0 Å². The van der Waals surface area contributed by atoms with Gasteiger partial charge in [-0.3, -0.25) is 14.3 Å². The summed E-state index contributed by atoms with van der Waals surface area (Å²) < 4.78 is 10.2. The molecule has 26 heavy (non-hydrogen) atoms. The normalized spacial score (nSPS) is 26.8. The van der Waals surface area contributed by atoms with Gasteiger partial charge in [-0.2, -0.15) is 10.2 Å². The van der Waals surface area contributed by atoms with Crippen molar-refractivity contribution in [2.45, 2.75) is 44.4 Å². The van der Waals surface area contributed by atoms with Crippen molar-refractivity contribution in [3.8, 4) is 0 Å². The maximum Gasteiger partial charge on any atom is 0.0911 e. The first-order valence-electron chi connectivity index (χ1n) is 9.76. The Labute approximate surface area is 155 Å². The highest BCUT2D eigenvalue weighted by molar-refractivity contribution is 5.24. The van der Waals surface area contributed by atoms with Crippen molar-refractivity contribution in [2.24, 2.45) is 14.1 Å². The molecule has 142 valence electrons. The Morgan fingerprint density at radius 1 is 1.27 bits per heavy atom. The van der Waals surface area contributed by atoms with Crippen molar-refractivity contribution >= 4 is 0 Å². The van der Waals surface area contributed by atoms with Gasteiger partial charge in [0.25, 0.3) is 0 Å². The molecule has 0 bridgehead atoms. The van der Waals surface area contributed by atoms with E-state index >= 15 is 0 Å². The van der Waals surface area contributed by atoms with Crippen molar-refractivity contribution in [1.82, 2.24) is 29.8 Å². The monoisotopic (exact) mass is 358 g/mol. The number of rotatable bonds is 5. The predicted molar refractivity (Wildman–Crippen MR) is 99.8 cm³/mol. The Kier molecular flexibility index (Phi) is 5.11. The molecule has 3 heterocycles. The van der Waals surface area contributed by atoms with Crippen LogP contribution in [0.5, 0.6) is 0 Å². The number of nitrogens with one attached hydrogen (secondary N) is 1. The summed E-state index contributed by atoms with van der Waals surface area (Å²) in [6, 6.07) is 2.74. The fourth-order valence-corrected chi connectivity index (χ4v) is 4.54. The SMILES string of the molecule is CCN1CCO[C@@H](CNC2CCCc3c2cnn3C)[C@@H]1c1ccnn1C. The number of nitrogens with zero attached hydrogens (tertiary/aromatic N) is 5. The number of aryl methyl sites for hydroxylation is 2. The van der Waals surface area contributed by atoms with Gasteiger partial charge in [0.05, 0.1) is 30.6 Å². The van der Waals surface area contributed by atoms with E-state index in [9.17, 15) is 0 Å². The van der Waals surface area contributed by atoms with E-state index in [0.717, 1.165) is 32.7 Å². The van der Waals surface area contributed by atoms with Crippen molar-refractivity contribution in [1.29, 1.82) is 0 Å². The van der Waals surface area contributed by atoms with Gasteiger partial charge >= 0.3 is 0 Å². The molecule has 1 N–H and O–H groups in total. The van der Waals surface area contributed by atoms with Crippen LogP contribution < -0.4 is 5.32 Å². The minimum Gasteiger partial charge on any atom is -0.374 e. The fourth-order valence-electron chi connectivity index (χ4n) is 4.54. The zero-order chi connectivity index (χ0) is 18.1. The summed E-state index contributed by atoms with van der Waals surface area (Å²) >= 11 is 0. The first-order chi connectivity index (χ1) is 12.7. The van der Waals surface area contributed by atoms with Crippen LogP contribution in [0.4, 0.5) is 0 Å². The molecule has 0 radical (unpaired) electrons. The molecule has 1 aliphatic heterocycles. The fraction of sp³-hybridized carbons (Fsp3) is 0.684. The van der Waals surface area contributed by atoms with Gasteiger partial charge in [-0.05, 0) is 31.9 Å². The zero-order valence-corrected chi connectivity index (χ0v) is 16.1. The first-order valence-corrected chi connectivity index (χ1v) is 9.76. The molecule has 2 aromatic rings. The second-order valence-electron chi connectivity index (χ2n) is 7.39. The molecule has 1 unspecified atom stereocenters. The van der Waals surface area contributed by atoms with Crippen LogP contribution in [0.2, 0.25) is 0 Å². The number of hydrogen-bond acceptors (Lipinski definition) is 5. The summed E-state index contributed by atoms with van der Waals surface area (Å²) in [7, 11) is 4.06. The molecule has 1 aliphatic carbocycles. The molecular weight excluding hydrogens is 328 g/mol. The van der Waals surface area contributed by atoms with E-state index in [4.69, 9.17) is 4.74 Å². The molecule has 0 spiro atoms. The molecule has 0 saturated carbocycles. The summed E-state index contributed by atoms with van der Waals surface area (Å²) in [6.45, 7) is 5.84. The van der Waals surface area contributed by atoms with E-state index in [1.807, 2.05) is 35.9 Å². The predicted octanol–water partition coefficient (Wildman–Crippen LogP) is 1.58. The largest absolute Gasteiger partial charge is 0.374 e. The molecule has 7 heteroatoms. The minimum absolute atomic E-state index is 0.126. The molecule has 4 rings (SSSR count). The van der Waals surface area contributed by atoms with E-state index < -0.39 is 0 Å². The van der Waals surface area contributed by atoms with Crippen LogP contribution in [0.25, 0.3) is 0 Å². The third-order valence-electron chi connectivity index (χ3n) is 5.97. The van der Waals surface area contributed by atoms with Crippen LogP contribution in [0.1, 0.15) is 48.8 Å². The third kappa shape index (κ3) is 3.19. The standard InChI is InChI=1S/C19H30N6O/c1-4-25-10-11-26-18(19(25)17-8-9-21-24(17)3)13-20-15-6-5-7-16-14(15)12-22-23(16)2/h8-9,12,15,18-20H,4-7,10-11,13H2,1-3H3/t15?,18-,19-/m0/s1. The number of morpholine rings is 1. The van der Waals surface area contributed by atoms with Crippen LogP contribution in [0.3, 0.4) is 0 Å². The van der Waals surface area contributed by atoms with Crippen LogP contribution in [-0.4, -0.2) is 56.8 Å². The average molecular weight is 358 g/mol. The van der Waals surface area contributed by atoms with Gasteiger partial charge in [0, 0.05) is 50.7 Å². The van der Waals surface area contributed by atoms with Gasteiger partial charge in [0.1, 0.15) is 0 Å². The maximum atomic E-state index is 6.22. The van der Waals surface area contributed by atoms with Crippen LogP contribution in [0.15, 0.2) is 18.5 Å². The Morgan fingerprint density at radius 3 is 2.92 bits per heavy atom. The van der Waals surface area contributed by atoms with E-state index in [0.29, 0.717) is 6.04 Å². The minimum atomic E-state index is 0.126. The average Bonchev–Trinajstić information content (AvgIpc) is 3.26. The lowest BCUT2D eigenvalue weighted by atomic mass is 9.92. The lowest BCUT2D eigenvalue weighted by Gasteiger charge is -2.41. The molecule has 1 fully saturated rings. The highest BCUT2D eigenvalue weighted by atomic mass is 16.5. The molecule has 7 nitrogen and oxygen atoms in total. The third-order valence-corrected chi connectivity index (χ3v) is 5.97. The Balaban J connectivity index is 1.50. The second kappa shape index (κ2) is 7.50. The highest BCUT2D eigenvalue weighted by Gasteiger charge is 2.35. The van der Waals surface area contributed by atoms with Crippen LogP contribution in [-0.2, 0) is 25.3 Å². The zero-order valence-electron chi connectivity index (χ0n) is 16.1.